The van der Waals surface area contributed by atoms with Crippen molar-refractivity contribution < 1.29 is 4.79 Å². The molecule has 27 heavy (non-hydrogen) atoms. The molecular formula is C19H21ClN6O. The van der Waals surface area contributed by atoms with Crippen LogP contribution in [0.3, 0.4) is 0 Å². The number of carbonyl (C=O) groups is 1. The zero-order valence-electron chi connectivity index (χ0n) is 14.7. The van der Waals surface area contributed by atoms with E-state index in [0.717, 1.165) is 36.3 Å². The van der Waals surface area contributed by atoms with E-state index in [4.69, 9.17) is 0 Å². The highest BCUT2D eigenvalue weighted by Gasteiger charge is 2.22. The standard InChI is InChI=1S/C19H20N6O.ClH/c26-19(17-9-5-4-8-16(17)14-10-11-20-12-14)21-13-18-22-23-24-25(18)15-6-2-1-3-7-15;/h1-9,14,20H,10-13H2,(H,21,26);1H. The monoisotopic (exact) mass is 384 g/mol. The zero-order chi connectivity index (χ0) is 17.8. The van der Waals surface area contributed by atoms with Gasteiger partial charge in [-0.1, -0.05) is 36.4 Å². The Hall–Kier alpha value is -2.77. The van der Waals surface area contributed by atoms with Crippen LogP contribution >= 0.6 is 12.4 Å². The molecule has 0 radical (unpaired) electrons. The zero-order valence-corrected chi connectivity index (χ0v) is 15.5. The first-order valence-corrected chi connectivity index (χ1v) is 8.73. The van der Waals surface area contributed by atoms with Gasteiger partial charge in [0.2, 0.25) is 0 Å². The molecule has 1 aromatic heterocycles. The topological polar surface area (TPSA) is 84.7 Å². The fourth-order valence-corrected chi connectivity index (χ4v) is 3.32. The van der Waals surface area contributed by atoms with Crippen LogP contribution in [-0.2, 0) is 6.54 Å². The summed E-state index contributed by atoms with van der Waals surface area (Å²) in [5.74, 6) is 0.867. The molecule has 4 rings (SSSR count). The molecule has 1 unspecified atom stereocenters. The number of carbonyl (C=O) groups excluding carboxylic acids is 1. The van der Waals surface area contributed by atoms with Crippen LogP contribution in [0.2, 0.25) is 0 Å². The Balaban J connectivity index is 0.00000210. The highest BCUT2D eigenvalue weighted by atomic mass is 35.5. The maximum absolute atomic E-state index is 12.8. The number of rotatable bonds is 5. The minimum atomic E-state index is -0.102. The maximum Gasteiger partial charge on any atom is 0.251 e. The SMILES string of the molecule is Cl.O=C(NCc1nnnn1-c1ccccc1)c1ccccc1C1CCNC1. The summed E-state index contributed by atoms with van der Waals surface area (Å²) in [6.45, 7) is 2.17. The molecule has 1 atom stereocenters. The van der Waals surface area contributed by atoms with Crippen molar-refractivity contribution >= 4 is 18.3 Å². The van der Waals surface area contributed by atoms with Crippen LogP contribution in [0.1, 0.15) is 34.1 Å². The molecule has 2 aromatic carbocycles. The summed E-state index contributed by atoms with van der Waals surface area (Å²) in [6.07, 6.45) is 1.05. The molecule has 2 heterocycles. The van der Waals surface area contributed by atoms with Crippen LogP contribution in [0.4, 0.5) is 0 Å². The van der Waals surface area contributed by atoms with Gasteiger partial charge in [0.1, 0.15) is 0 Å². The molecule has 1 aliphatic rings. The summed E-state index contributed by atoms with van der Waals surface area (Å²) < 4.78 is 1.63. The first-order chi connectivity index (χ1) is 12.8. The van der Waals surface area contributed by atoms with E-state index in [-0.39, 0.29) is 24.9 Å². The second-order valence-corrected chi connectivity index (χ2v) is 6.30. The fourth-order valence-electron chi connectivity index (χ4n) is 3.32. The molecule has 7 nitrogen and oxygen atoms in total. The number of nitrogens with one attached hydrogen (secondary N) is 2. The van der Waals surface area contributed by atoms with Gasteiger partial charge in [-0.15, -0.1) is 17.5 Å². The molecule has 8 heteroatoms. The molecule has 3 aromatic rings. The summed E-state index contributed by atoms with van der Waals surface area (Å²) >= 11 is 0. The normalized spacial score (nSPS) is 15.9. The highest BCUT2D eigenvalue weighted by molar-refractivity contribution is 5.95. The van der Waals surface area contributed by atoms with Gasteiger partial charge in [-0.05, 0) is 53.1 Å². The van der Waals surface area contributed by atoms with E-state index in [0.29, 0.717) is 11.7 Å². The van der Waals surface area contributed by atoms with Gasteiger partial charge in [-0.3, -0.25) is 4.79 Å². The van der Waals surface area contributed by atoms with E-state index < -0.39 is 0 Å². The lowest BCUT2D eigenvalue weighted by molar-refractivity contribution is 0.0948. The highest BCUT2D eigenvalue weighted by Crippen LogP contribution is 2.25. The van der Waals surface area contributed by atoms with Crippen LogP contribution in [0.25, 0.3) is 5.69 Å². The Morgan fingerprint density at radius 3 is 2.70 bits per heavy atom. The van der Waals surface area contributed by atoms with Crippen molar-refractivity contribution in [3.8, 4) is 5.69 Å². The van der Waals surface area contributed by atoms with Crippen molar-refractivity contribution in [1.82, 2.24) is 30.8 Å². The van der Waals surface area contributed by atoms with E-state index in [9.17, 15) is 4.79 Å². The number of hydrogen-bond donors (Lipinski definition) is 2. The second kappa shape index (κ2) is 8.75. The van der Waals surface area contributed by atoms with Crippen molar-refractivity contribution in [3.63, 3.8) is 0 Å². The van der Waals surface area contributed by atoms with E-state index in [1.807, 2.05) is 54.6 Å². The van der Waals surface area contributed by atoms with Gasteiger partial charge in [0.05, 0.1) is 12.2 Å². The Morgan fingerprint density at radius 2 is 1.93 bits per heavy atom. The van der Waals surface area contributed by atoms with Crippen molar-refractivity contribution in [2.45, 2.75) is 18.9 Å². The summed E-state index contributed by atoms with van der Waals surface area (Å²) in [5, 5.41) is 18.1. The van der Waals surface area contributed by atoms with Gasteiger partial charge in [-0.2, -0.15) is 4.68 Å². The average molecular weight is 385 g/mol. The number of aromatic nitrogens is 4. The summed E-state index contributed by atoms with van der Waals surface area (Å²) in [5.41, 5.74) is 2.68. The fraction of sp³-hybridized carbons (Fsp3) is 0.263. The summed E-state index contributed by atoms with van der Waals surface area (Å²) in [6, 6.07) is 17.4. The van der Waals surface area contributed by atoms with Gasteiger partial charge in [0.25, 0.3) is 5.91 Å². The minimum Gasteiger partial charge on any atom is -0.345 e. The maximum atomic E-state index is 12.8. The van der Waals surface area contributed by atoms with Gasteiger partial charge in [0.15, 0.2) is 5.82 Å². The van der Waals surface area contributed by atoms with Crippen molar-refractivity contribution in [1.29, 1.82) is 0 Å². The second-order valence-electron chi connectivity index (χ2n) is 6.30. The smallest absolute Gasteiger partial charge is 0.251 e. The third-order valence-corrected chi connectivity index (χ3v) is 4.65. The molecule has 0 bridgehead atoms. The number of tetrazole rings is 1. The van der Waals surface area contributed by atoms with Gasteiger partial charge < -0.3 is 10.6 Å². The molecule has 1 saturated heterocycles. The Morgan fingerprint density at radius 1 is 1.15 bits per heavy atom. The predicted octanol–water partition coefficient (Wildman–Crippen LogP) is 2.09. The molecule has 0 aliphatic carbocycles. The third kappa shape index (κ3) is 4.15. The first-order valence-electron chi connectivity index (χ1n) is 8.73. The van der Waals surface area contributed by atoms with Crippen molar-refractivity contribution in [2.75, 3.05) is 13.1 Å². The van der Waals surface area contributed by atoms with Crippen molar-refractivity contribution in [3.05, 3.63) is 71.5 Å². The Kier molecular flexibility index (Phi) is 6.16. The molecule has 0 saturated carbocycles. The van der Waals surface area contributed by atoms with Crippen LogP contribution in [0, 0.1) is 0 Å². The number of para-hydroxylation sites is 1. The predicted molar refractivity (Wildman–Crippen MR) is 104 cm³/mol. The molecule has 1 aliphatic heterocycles. The number of benzene rings is 2. The van der Waals surface area contributed by atoms with E-state index in [1.165, 1.54) is 0 Å². The molecule has 140 valence electrons. The molecule has 2 N–H and O–H groups in total. The quantitative estimate of drug-likeness (QED) is 0.703. The van der Waals surface area contributed by atoms with E-state index in [1.54, 1.807) is 4.68 Å². The average Bonchev–Trinajstić information content (AvgIpc) is 3.39. The van der Waals surface area contributed by atoms with E-state index in [2.05, 4.69) is 26.2 Å². The molecule has 0 spiro atoms. The minimum absolute atomic E-state index is 0. The Labute approximate surface area is 163 Å². The molecular weight excluding hydrogens is 364 g/mol. The van der Waals surface area contributed by atoms with Gasteiger partial charge in [-0.25, -0.2) is 0 Å². The van der Waals surface area contributed by atoms with Gasteiger partial charge >= 0.3 is 0 Å². The first kappa shape index (κ1) is 19.0. The number of halogens is 1. The lowest BCUT2D eigenvalue weighted by atomic mass is 9.93. The summed E-state index contributed by atoms with van der Waals surface area (Å²) in [4.78, 5) is 12.8. The van der Waals surface area contributed by atoms with Crippen molar-refractivity contribution in [2.24, 2.45) is 0 Å². The molecule has 1 fully saturated rings. The third-order valence-electron chi connectivity index (χ3n) is 4.65. The summed E-state index contributed by atoms with van der Waals surface area (Å²) in [7, 11) is 0. The van der Waals surface area contributed by atoms with E-state index >= 15 is 0 Å². The number of nitrogens with zero attached hydrogens (tertiary/aromatic N) is 4. The number of amides is 1. The lowest BCUT2D eigenvalue weighted by Crippen LogP contribution is -2.26. The van der Waals surface area contributed by atoms with Crippen LogP contribution in [-0.4, -0.2) is 39.2 Å². The number of hydrogen-bond acceptors (Lipinski definition) is 5. The van der Waals surface area contributed by atoms with Crippen LogP contribution in [0.15, 0.2) is 54.6 Å². The lowest BCUT2D eigenvalue weighted by Gasteiger charge is -2.14. The van der Waals surface area contributed by atoms with Crippen LogP contribution < -0.4 is 10.6 Å². The molecule has 1 amide bonds. The Bertz CT molecular complexity index is 892. The largest absolute Gasteiger partial charge is 0.345 e. The van der Waals surface area contributed by atoms with Crippen LogP contribution in [0.5, 0.6) is 0 Å². The van der Waals surface area contributed by atoms with Gasteiger partial charge in [0, 0.05) is 12.1 Å².